The standard InChI is InChI=1S/C22H19NO4/c1-14-9-11-15(12-10-14)22(26)27-17-6-4-5-16(13-17)23-20(24)18-7-2-3-8-19(18)21(23)25/h2-6,9-13,18-19H,7-8H2,1H3/t18-,19-/m1/s1. The summed E-state index contributed by atoms with van der Waals surface area (Å²) in [5.74, 6) is -1.13. The first kappa shape index (κ1) is 17.2. The molecule has 2 aromatic rings. The van der Waals surface area contributed by atoms with E-state index in [9.17, 15) is 14.4 Å². The third-order valence-corrected chi connectivity index (χ3v) is 5.08. The molecular weight excluding hydrogens is 342 g/mol. The average molecular weight is 361 g/mol. The number of benzene rings is 2. The predicted molar refractivity (Wildman–Crippen MR) is 100 cm³/mol. The summed E-state index contributed by atoms with van der Waals surface area (Å²) in [6, 6.07) is 13.6. The summed E-state index contributed by atoms with van der Waals surface area (Å²) in [6.07, 6.45) is 5.09. The molecule has 2 atom stereocenters. The second-order valence-corrected chi connectivity index (χ2v) is 6.92. The van der Waals surface area contributed by atoms with Gasteiger partial charge in [0, 0.05) is 6.07 Å². The van der Waals surface area contributed by atoms with E-state index in [-0.39, 0.29) is 23.7 Å². The molecule has 0 saturated carbocycles. The Kier molecular flexibility index (Phi) is 4.36. The highest BCUT2D eigenvalue weighted by atomic mass is 16.5. The van der Waals surface area contributed by atoms with Crippen molar-refractivity contribution in [3.05, 3.63) is 71.8 Å². The molecule has 0 aromatic heterocycles. The molecule has 2 aromatic carbocycles. The lowest BCUT2D eigenvalue weighted by Crippen LogP contribution is -2.30. The Morgan fingerprint density at radius 2 is 1.59 bits per heavy atom. The van der Waals surface area contributed by atoms with Gasteiger partial charge in [0.1, 0.15) is 5.75 Å². The molecule has 4 rings (SSSR count). The van der Waals surface area contributed by atoms with E-state index in [1.54, 1.807) is 36.4 Å². The number of hydrogen-bond donors (Lipinski definition) is 0. The van der Waals surface area contributed by atoms with Crippen molar-refractivity contribution in [3.63, 3.8) is 0 Å². The van der Waals surface area contributed by atoms with Gasteiger partial charge in [-0.3, -0.25) is 9.59 Å². The predicted octanol–water partition coefficient (Wildman–Crippen LogP) is 3.67. The average Bonchev–Trinajstić information content (AvgIpc) is 2.93. The van der Waals surface area contributed by atoms with Crippen LogP contribution in [-0.4, -0.2) is 17.8 Å². The van der Waals surface area contributed by atoms with Crippen LogP contribution in [0, 0.1) is 18.8 Å². The minimum atomic E-state index is -0.482. The molecule has 1 fully saturated rings. The number of esters is 1. The number of amides is 2. The summed E-state index contributed by atoms with van der Waals surface area (Å²) in [6.45, 7) is 1.94. The van der Waals surface area contributed by atoms with E-state index in [0.29, 0.717) is 29.8 Å². The lowest BCUT2D eigenvalue weighted by Gasteiger charge is -2.15. The highest BCUT2D eigenvalue weighted by molar-refractivity contribution is 6.22. The van der Waals surface area contributed by atoms with Crippen LogP contribution in [-0.2, 0) is 9.59 Å². The zero-order chi connectivity index (χ0) is 19.0. The summed E-state index contributed by atoms with van der Waals surface area (Å²) in [7, 11) is 0. The minimum Gasteiger partial charge on any atom is -0.423 e. The van der Waals surface area contributed by atoms with E-state index >= 15 is 0 Å². The fourth-order valence-electron chi connectivity index (χ4n) is 3.60. The smallest absolute Gasteiger partial charge is 0.343 e. The lowest BCUT2D eigenvalue weighted by molar-refractivity contribution is -0.122. The summed E-state index contributed by atoms with van der Waals surface area (Å²) in [5, 5.41) is 0. The van der Waals surface area contributed by atoms with Crippen LogP contribution in [0.15, 0.2) is 60.7 Å². The Balaban J connectivity index is 1.56. The maximum Gasteiger partial charge on any atom is 0.343 e. The quantitative estimate of drug-likeness (QED) is 0.362. The fraction of sp³-hybridized carbons (Fsp3) is 0.227. The normalized spacial score (nSPS) is 21.3. The van der Waals surface area contributed by atoms with E-state index in [1.165, 1.54) is 4.90 Å². The molecule has 1 aliphatic heterocycles. The first-order valence-corrected chi connectivity index (χ1v) is 8.96. The second-order valence-electron chi connectivity index (χ2n) is 6.92. The van der Waals surface area contributed by atoms with Crippen molar-refractivity contribution in [2.75, 3.05) is 4.90 Å². The van der Waals surface area contributed by atoms with E-state index < -0.39 is 5.97 Å². The molecule has 2 amide bonds. The van der Waals surface area contributed by atoms with Crippen LogP contribution in [0.3, 0.4) is 0 Å². The van der Waals surface area contributed by atoms with Crippen molar-refractivity contribution in [1.82, 2.24) is 0 Å². The van der Waals surface area contributed by atoms with E-state index in [0.717, 1.165) is 5.56 Å². The Hall–Kier alpha value is -3.21. The molecule has 5 nitrogen and oxygen atoms in total. The van der Waals surface area contributed by atoms with Crippen molar-refractivity contribution < 1.29 is 19.1 Å². The number of imide groups is 1. The van der Waals surface area contributed by atoms with Crippen molar-refractivity contribution in [1.29, 1.82) is 0 Å². The molecule has 136 valence electrons. The molecule has 27 heavy (non-hydrogen) atoms. The number of hydrogen-bond acceptors (Lipinski definition) is 4. The van der Waals surface area contributed by atoms with E-state index in [4.69, 9.17) is 4.74 Å². The zero-order valence-corrected chi connectivity index (χ0v) is 14.9. The summed E-state index contributed by atoms with van der Waals surface area (Å²) in [5.41, 5.74) is 1.93. The van der Waals surface area contributed by atoms with Gasteiger partial charge >= 0.3 is 5.97 Å². The van der Waals surface area contributed by atoms with Crippen LogP contribution in [0.25, 0.3) is 0 Å². The van der Waals surface area contributed by atoms with Gasteiger partial charge in [0.15, 0.2) is 0 Å². The third-order valence-electron chi connectivity index (χ3n) is 5.08. The largest absolute Gasteiger partial charge is 0.423 e. The van der Waals surface area contributed by atoms with E-state index in [1.807, 2.05) is 31.2 Å². The maximum absolute atomic E-state index is 12.7. The SMILES string of the molecule is Cc1ccc(C(=O)Oc2cccc(N3C(=O)[C@@H]4CC=CC[C@H]4C3=O)c2)cc1. The molecule has 0 unspecified atom stereocenters. The molecule has 2 aliphatic rings. The summed E-state index contributed by atoms with van der Waals surface area (Å²) >= 11 is 0. The highest BCUT2D eigenvalue weighted by Gasteiger charge is 2.47. The Bertz CT molecular complexity index is 919. The number of rotatable bonds is 3. The molecule has 1 aliphatic carbocycles. The van der Waals surface area contributed by atoms with Gasteiger partial charge in [-0.25, -0.2) is 9.69 Å². The van der Waals surface area contributed by atoms with Gasteiger partial charge < -0.3 is 4.74 Å². The second kappa shape index (κ2) is 6.83. The van der Waals surface area contributed by atoms with Gasteiger partial charge in [-0.1, -0.05) is 35.9 Å². The van der Waals surface area contributed by atoms with Crippen LogP contribution in [0.4, 0.5) is 5.69 Å². The number of anilines is 1. The van der Waals surface area contributed by atoms with Crippen molar-refractivity contribution in [2.24, 2.45) is 11.8 Å². The molecule has 5 heteroatoms. The molecule has 1 saturated heterocycles. The van der Waals surface area contributed by atoms with Crippen LogP contribution in [0.2, 0.25) is 0 Å². The topological polar surface area (TPSA) is 63.7 Å². The van der Waals surface area contributed by atoms with Crippen LogP contribution in [0.1, 0.15) is 28.8 Å². The fourth-order valence-corrected chi connectivity index (χ4v) is 3.60. The number of nitrogens with zero attached hydrogens (tertiary/aromatic N) is 1. The van der Waals surface area contributed by atoms with Crippen molar-refractivity contribution in [2.45, 2.75) is 19.8 Å². The number of fused-ring (bicyclic) bond motifs is 1. The molecule has 1 heterocycles. The highest BCUT2D eigenvalue weighted by Crippen LogP contribution is 2.38. The van der Waals surface area contributed by atoms with Gasteiger partial charge in [0.05, 0.1) is 23.1 Å². The number of carbonyl (C=O) groups is 3. The van der Waals surface area contributed by atoms with Crippen molar-refractivity contribution in [3.8, 4) is 5.75 Å². The minimum absolute atomic E-state index is 0.184. The number of carbonyl (C=O) groups excluding carboxylic acids is 3. The monoisotopic (exact) mass is 361 g/mol. The number of ether oxygens (including phenoxy) is 1. The zero-order valence-electron chi connectivity index (χ0n) is 14.9. The van der Waals surface area contributed by atoms with Gasteiger partial charge in [-0.2, -0.15) is 0 Å². The summed E-state index contributed by atoms with van der Waals surface area (Å²) in [4.78, 5) is 38.9. The van der Waals surface area contributed by atoms with Gasteiger partial charge in [0.25, 0.3) is 0 Å². The van der Waals surface area contributed by atoms with Crippen LogP contribution >= 0.6 is 0 Å². The van der Waals surface area contributed by atoms with Crippen LogP contribution < -0.4 is 9.64 Å². The lowest BCUT2D eigenvalue weighted by atomic mass is 9.85. The molecule has 0 N–H and O–H groups in total. The number of aryl methyl sites for hydroxylation is 1. The maximum atomic E-state index is 12.7. The first-order chi connectivity index (χ1) is 13.0. The Morgan fingerprint density at radius 1 is 0.963 bits per heavy atom. The van der Waals surface area contributed by atoms with Gasteiger partial charge in [-0.05, 0) is 44.0 Å². The van der Waals surface area contributed by atoms with Crippen molar-refractivity contribution >= 4 is 23.5 Å². The first-order valence-electron chi connectivity index (χ1n) is 8.96. The number of allylic oxidation sites excluding steroid dienone is 2. The van der Waals surface area contributed by atoms with Gasteiger partial charge in [-0.15, -0.1) is 0 Å². The van der Waals surface area contributed by atoms with Crippen LogP contribution in [0.5, 0.6) is 5.75 Å². The molecule has 0 spiro atoms. The third kappa shape index (κ3) is 3.16. The Labute approximate surface area is 157 Å². The Morgan fingerprint density at radius 3 is 2.22 bits per heavy atom. The molecular formula is C22H19NO4. The van der Waals surface area contributed by atoms with Gasteiger partial charge in [0.2, 0.25) is 11.8 Å². The molecule has 0 bridgehead atoms. The molecule has 0 radical (unpaired) electrons. The van der Waals surface area contributed by atoms with E-state index in [2.05, 4.69) is 0 Å². The summed E-state index contributed by atoms with van der Waals surface area (Å²) < 4.78 is 5.43.